The van der Waals surface area contributed by atoms with Crippen molar-refractivity contribution < 1.29 is 22.7 Å². The highest BCUT2D eigenvalue weighted by Gasteiger charge is 2.26. The molecule has 2 aromatic carbocycles. The van der Waals surface area contributed by atoms with Crippen molar-refractivity contribution in [3.8, 4) is 18.4 Å². The van der Waals surface area contributed by atoms with Crippen LogP contribution >= 0.6 is 0 Å². The van der Waals surface area contributed by atoms with Gasteiger partial charge in [-0.25, -0.2) is 13.2 Å². The average molecular weight is 439 g/mol. The molecule has 2 aromatic rings. The SMILES string of the molecule is C#CCNS(=O)(=O)c1cccc(C(=O)OC(C)C(=O)N(CCC#N)c2ccccc2)c1. The van der Waals surface area contributed by atoms with Crippen molar-refractivity contribution in [2.75, 3.05) is 18.0 Å². The molecule has 0 aliphatic rings. The monoisotopic (exact) mass is 439 g/mol. The third kappa shape index (κ3) is 6.41. The summed E-state index contributed by atoms with van der Waals surface area (Å²) in [4.78, 5) is 26.6. The lowest BCUT2D eigenvalue weighted by Crippen LogP contribution is -2.40. The predicted molar refractivity (Wildman–Crippen MR) is 114 cm³/mol. The number of hydrogen-bond acceptors (Lipinski definition) is 6. The Morgan fingerprint density at radius 3 is 2.55 bits per heavy atom. The van der Waals surface area contributed by atoms with Crippen molar-refractivity contribution in [1.29, 1.82) is 5.26 Å². The molecule has 9 heteroatoms. The van der Waals surface area contributed by atoms with Crippen molar-refractivity contribution >= 4 is 27.6 Å². The van der Waals surface area contributed by atoms with Gasteiger partial charge in [-0.15, -0.1) is 6.42 Å². The third-order valence-electron chi connectivity index (χ3n) is 4.16. The minimum atomic E-state index is -3.89. The lowest BCUT2D eigenvalue weighted by atomic mass is 10.2. The first-order valence-corrected chi connectivity index (χ1v) is 10.8. The Bertz CT molecular complexity index is 1120. The van der Waals surface area contributed by atoms with E-state index in [1.54, 1.807) is 30.3 Å². The van der Waals surface area contributed by atoms with Gasteiger partial charge in [0.2, 0.25) is 10.0 Å². The van der Waals surface area contributed by atoms with E-state index in [4.69, 9.17) is 16.4 Å². The summed E-state index contributed by atoms with van der Waals surface area (Å²) in [7, 11) is -3.89. The van der Waals surface area contributed by atoms with Gasteiger partial charge in [0.1, 0.15) is 0 Å². The summed E-state index contributed by atoms with van der Waals surface area (Å²) in [6, 6.07) is 15.9. The van der Waals surface area contributed by atoms with Gasteiger partial charge in [0.25, 0.3) is 5.91 Å². The second-order valence-electron chi connectivity index (χ2n) is 6.34. The zero-order valence-electron chi connectivity index (χ0n) is 16.8. The Labute approximate surface area is 181 Å². The van der Waals surface area contributed by atoms with Crippen LogP contribution < -0.4 is 9.62 Å². The number of nitrogens with zero attached hydrogens (tertiary/aromatic N) is 2. The molecule has 160 valence electrons. The Morgan fingerprint density at radius 1 is 1.19 bits per heavy atom. The number of esters is 1. The zero-order valence-corrected chi connectivity index (χ0v) is 17.6. The largest absolute Gasteiger partial charge is 0.449 e. The molecule has 0 aliphatic heterocycles. The maximum absolute atomic E-state index is 12.9. The van der Waals surface area contributed by atoms with Gasteiger partial charge < -0.3 is 9.64 Å². The van der Waals surface area contributed by atoms with Crippen molar-refractivity contribution in [3.63, 3.8) is 0 Å². The normalized spacial score (nSPS) is 11.6. The average Bonchev–Trinajstić information content (AvgIpc) is 2.78. The number of carbonyl (C=O) groups excluding carboxylic acids is 2. The van der Waals surface area contributed by atoms with Gasteiger partial charge in [-0.3, -0.25) is 4.79 Å². The number of hydrogen-bond donors (Lipinski definition) is 1. The highest BCUT2D eigenvalue weighted by atomic mass is 32.2. The predicted octanol–water partition coefficient (Wildman–Crippen LogP) is 2.09. The first-order chi connectivity index (χ1) is 14.8. The first-order valence-electron chi connectivity index (χ1n) is 9.27. The molecule has 0 aliphatic carbocycles. The van der Waals surface area contributed by atoms with E-state index < -0.39 is 28.0 Å². The van der Waals surface area contributed by atoms with Crippen LogP contribution in [0.1, 0.15) is 23.7 Å². The Hall–Kier alpha value is -3.66. The summed E-state index contributed by atoms with van der Waals surface area (Å²) in [5, 5.41) is 8.88. The smallest absolute Gasteiger partial charge is 0.338 e. The fraction of sp³-hybridized carbons (Fsp3) is 0.227. The molecule has 1 N–H and O–H groups in total. The number of anilines is 1. The number of carbonyl (C=O) groups is 2. The number of para-hydroxylation sites is 1. The lowest BCUT2D eigenvalue weighted by molar-refractivity contribution is -0.126. The molecule has 1 unspecified atom stereocenters. The number of amides is 1. The summed E-state index contributed by atoms with van der Waals surface area (Å²) >= 11 is 0. The van der Waals surface area contributed by atoms with Crippen LogP contribution in [0.3, 0.4) is 0 Å². The molecule has 31 heavy (non-hydrogen) atoms. The minimum Gasteiger partial charge on any atom is -0.449 e. The maximum Gasteiger partial charge on any atom is 0.338 e. The van der Waals surface area contributed by atoms with E-state index in [-0.39, 0.29) is 30.0 Å². The molecule has 0 spiro atoms. The highest BCUT2D eigenvalue weighted by molar-refractivity contribution is 7.89. The van der Waals surface area contributed by atoms with Gasteiger partial charge in [0.05, 0.1) is 29.5 Å². The standard InChI is InChI=1S/C22H21N3O5S/c1-3-14-24-31(28,29)20-12-7-9-18(16-20)22(27)30-17(2)21(26)25(15-8-13-23)19-10-5-4-6-11-19/h1,4-7,9-12,16-17,24H,8,14-15H2,2H3. The number of terminal acetylenes is 1. The molecular formula is C22H21N3O5S. The van der Waals surface area contributed by atoms with Crippen LogP contribution in [0.5, 0.6) is 0 Å². The molecule has 2 rings (SSSR count). The van der Waals surface area contributed by atoms with Gasteiger partial charge in [0, 0.05) is 12.2 Å². The van der Waals surface area contributed by atoms with Crippen molar-refractivity contribution in [1.82, 2.24) is 4.72 Å². The number of ether oxygens (including phenoxy) is 1. The first kappa shape index (κ1) is 23.6. The number of nitrogens with one attached hydrogen (secondary N) is 1. The van der Waals surface area contributed by atoms with Crippen LogP contribution in [-0.4, -0.2) is 39.5 Å². The molecule has 1 atom stereocenters. The van der Waals surface area contributed by atoms with Crippen molar-refractivity contribution in [2.45, 2.75) is 24.3 Å². The van der Waals surface area contributed by atoms with E-state index in [1.165, 1.54) is 30.0 Å². The maximum atomic E-state index is 12.9. The molecular weight excluding hydrogens is 418 g/mol. The minimum absolute atomic E-state index is 0.0356. The van der Waals surface area contributed by atoms with Gasteiger partial charge in [-0.2, -0.15) is 9.98 Å². The lowest BCUT2D eigenvalue weighted by Gasteiger charge is -2.25. The summed E-state index contributed by atoms with van der Waals surface area (Å²) in [5.74, 6) is 0.800. The molecule has 1 amide bonds. The summed E-state index contributed by atoms with van der Waals surface area (Å²) < 4.78 is 31.9. The topological polar surface area (TPSA) is 117 Å². The van der Waals surface area contributed by atoms with E-state index in [0.29, 0.717) is 5.69 Å². The van der Waals surface area contributed by atoms with E-state index in [2.05, 4.69) is 10.6 Å². The van der Waals surface area contributed by atoms with Gasteiger partial charge in [0.15, 0.2) is 6.10 Å². The van der Waals surface area contributed by atoms with Crippen LogP contribution in [0.2, 0.25) is 0 Å². The number of sulfonamides is 1. The summed E-state index contributed by atoms with van der Waals surface area (Å²) in [5.41, 5.74) is 0.532. The van der Waals surface area contributed by atoms with Crippen LogP contribution in [-0.2, 0) is 19.6 Å². The van der Waals surface area contributed by atoms with E-state index in [1.807, 2.05) is 6.07 Å². The number of nitriles is 1. The van der Waals surface area contributed by atoms with Gasteiger partial charge >= 0.3 is 5.97 Å². The van der Waals surface area contributed by atoms with Gasteiger partial charge in [-0.1, -0.05) is 30.2 Å². The number of benzene rings is 2. The third-order valence-corrected chi connectivity index (χ3v) is 5.56. The van der Waals surface area contributed by atoms with E-state index in [9.17, 15) is 18.0 Å². The highest BCUT2D eigenvalue weighted by Crippen LogP contribution is 2.17. The van der Waals surface area contributed by atoms with Crippen molar-refractivity contribution in [3.05, 3.63) is 60.2 Å². The molecule has 0 saturated heterocycles. The summed E-state index contributed by atoms with van der Waals surface area (Å²) in [6.07, 6.45) is 4.01. The number of rotatable bonds is 9. The van der Waals surface area contributed by atoms with E-state index >= 15 is 0 Å². The molecule has 0 heterocycles. The summed E-state index contributed by atoms with van der Waals surface area (Å²) in [6.45, 7) is 1.36. The second kappa shape index (κ2) is 10.9. The zero-order chi connectivity index (χ0) is 22.9. The van der Waals surface area contributed by atoms with Crippen LogP contribution in [0, 0.1) is 23.7 Å². The molecule has 0 fully saturated rings. The van der Waals surface area contributed by atoms with Crippen LogP contribution in [0.15, 0.2) is 59.5 Å². The molecule has 8 nitrogen and oxygen atoms in total. The van der Waals surface area contributed by atoms with E-state index in [0.717, 1.165) is 6.07 Å². The Morgan fingerprint density at radius 2 is 1.90 bits per heavy atom. The molecule has 0 saturated carbocycles. The molecule has 0 bridgehead atoms. The quantitative estimate of drug-likeness (QED) is 0.472. The fourth-order valence-electron chi connectivity index (χ4n) is 2.64. The second-order valence-corrected chi connectivity index (χ2v) is 8.10. The Balaban J connectivity index is 2.17. The van der Waals surface area contributed by atoms with Crippen LogP contribution in [0.4, 0.5) is 5.69 Å². The molecule has 0 aromatic heterocycles. The fourth-order valence-corrected chi connectivity index (χ4v) is 3.62. The molecule has 0 radical (unpaired) electrons. The van der Waals surface area contributed by atoms with Crippen molar-refractivity contribution in [2.24, 2.45) is 0 Å². The van der Waals surface area contributed by atoms with Crippen LogP contribution in [0.25, 0.3) is 0 Å². The Kier molecular flexibility index (Phi) is 8.33. The van der Waals surface area contributed by atoms with Gasteiger partial charge in [-0.05, 0) is 37.3 Å².